The normalized spacial score (nSPS) is 12.2. The molecule has 4 rings (SSSR count). The molecule has 3 aromatic carbocycles. The zero-order valence-corrected chi connectivity index (χ0v) is 19.8. The molecular weight excluding hydrogens is 445 g/mol. The van der Waals surface area contributed by atoms with Gasteiger partial charge in [0.2, 0.25) is 6.86 Å². The molecule has 1 unspecified atom stereocenters. The Kier molecular flexibility index (Phi) is 8.63. The largest absolute Gasteiger partial charge is 0.463 e. The van der Waals surface area contributed by atoms with Crippen molar-refractivity contribution in [2.45, 2.75) is 25.8 Å². The van der Waals surface area contributed by atoms with Gasteiger partial charge in [-0.15, -0.1) is 0 Å². The molecule has 0 bridgehead atoms. The van der Waals surface area contributed by atoms with Gasteiger partial charge < -0.3 is 25.8 Å². The van der Waals surface area contributed by atoms with Crippen molar-refractivity contribution in [1.82, 2.24) is 4.98 Å². The van der Waals surface area contributed by atoms with Crippen LogP contribution in [0.1, 0.15) is 33.4 Å². The summed E-state index contributed by atoms with van der Waals surface area (Å²) in [6.45, 7) is 2.72. The molecule has 0 radical (unpaired) electrons. The smallest absolute Gasteiger partial charge is 0.228 e. The van der Waals surface area contributed by atoms with Crippen LogP contribution in [0.25, 0.3) is 10.9 Å². The average Bonchev–Trinajstić information content (AvgIpc) is 3.28. The van der Waals surface area contributed by atoms with Crippen LogP contribution in [0.3, 0.4) is 0 Å². The Labute approximate surface area is 204 Å². The summed E-state index contributed by atoms with van der Waals surface area (Å²) in [5.74, 6) is 10.2. The number of nitrogens with two attached hydrogens (primary N) is 2. The summed E-state index contributed by atoms with van der Waals surface area (Å²) in [4.78, 5) is 3.24. The molecule has 182 valence electrons. The molecule has 1 heterocycles. The molecule has 35 heavy (non-hydrogen) atoms. The minimum atomic E-state index is -1.19. The van der Waals surface area contributed by atoms with Gasteiger partial charge in [-0.1, -0.05) is 48.2 Å². The monoisotopic (exact) mass is 475 g/mol. The van der Waals surface area contributed by atoms with Crippen LogP contribution in [-0.2, 0) is 12.0 Å². The lowest BCUT2D eigenvalue weighted by atomic mass is 9.84. The summed E-state index contributed by atoms with van der Waals surface area (Å²) in [7, 11) is 0. The van der Waals surface area contributed by atoms with Crippen molar-refractivity contribution in [3.8, 4) is 17.6 Å². The second kappa shape index (κ2) is 11.6. The molecule has 0 aliphatic heterocycles. The number of rotatable bonds is 6. The van der Waals surface area contributed by atoms with Crippen molar-refractivity contribution < 1.29 is 19.4 Å². The molecule has 1 aromatic heterocycles. The van der Waals surface area contributed by atoms with E-state index in [0.717, 1.165) is 33.2 Å². The molecule has 7 N–H and O–H groups in total. The van der Waals surface area contributed by atoms with Gasteiger partial charge in [0.05, 0.1) is 12.1 Å². The minimum absolute atomic E-state index is 0.298. The Morgan fingerprint density at radius 2 is 1.71 bits per heavy atom. The highest BCUT2D eigenvalue weighted by Crippen LogP contribution is 2.34. The van der Waals surface area contributed by atoms with Crippen LogP contribution in [0.4, 0.5) is 4.39 Å². The lowest BCUT2D eigenvalue weighted by Gasteiger charge is -2.29. The SMILES string of the molecule is Cc1cccc(C)c1C#Cc1ccc(OCF)c(C(N)(CO)Cc2c[nH]c3ccccc23)c1.NO. The zero-order valence-electron chi connectivity index (χ0n) is 19.8. The molecule has 1 atom stereocenters. The van der Waals surface area contributed by atoms with Crippen molar-refractivity contribution in [2.24, 2.45) is 11.6 Å². The van der Waals surface area contributed by atoms with Gasteiger partial charge in [0, 0.05) is 33.8 Å². The number of hydrogen-bond donors (Lipinski definition) is 5. The lowest BCUT2D eigenvalue weighted by molar-refractivity contribution is 0.169. The predicted molar refractivity (Wildman–Crippen MR) is 136 cm³/mol. The highest BCUT2D eigenvalue weighted by Gasteiger charge is 2.31. The fraction of sp³-hybridized carbons (Fsp3) is 0.214. The number of hydrogen-bond acceptors (Lipinski definition) is 5. The van der Waals surface area contributed by atoms with E-state index in [4.69, 9.17) is 15.7 Å². The van der Waals surface area contributed by atoms with Crippen LogP contribution in [0.5, 0.6) is 5.75 Å². The highest BCUT2D eigenvalue weighted by atomic mass is 19.1. The van der Waals surface area contributed by atoms with E-state index in [1.807, 2.05) is 62.5 Å². The first-order valence-corrected chi connectivity index (χ1v) is 11.1. The number of aryl methyl sites for hydroxylation is 2. The standard InChI is InChI=1S/C28H27FN2O2.H3NO/c1-19-6-5-7-20(2)23(19)12-10-21-11-13-27(33-18-29)25(14-21)28(30,17-32)15-22-16-31-26-9-4-3-8-24(22)26;1-2/h3-9,11,13-14,16,31-32H,15,17-18,30H2,1-2H3;2H,1H2. The van der Waals surface area contributed by atoms with Crippen LogP contribution in [-0.4, -0.2) is 28.8 Å². The quantitative estimate of drug-likeness (QED) is 0.211. The fourth-order valence-corrected chi connectivity index (χ4v) is 4.18. The number of halogens is 1. The number of benzene rings is 3. The van der Waals surface area contributed by atoms with E-state index >= 15 is 0 Å². The topological polar surface area (TPSA) is 118 Å². The van der Waals surface area contributed by atoms with Crippen LogP contribution in [0.2, 0.25) is 0 Å². The number of fused-ring (bicyclic) bond motifs is 1. The Morgan fingerprint density at radius 1 is 1.00 bits per heavy atom. The molecule has 0 aliphatic rings. The molecular formula is C28H30FN3O3. The second-order valence-corrected chi connectivity index (χ2v) is 8.33. The van der Waals surface area contributed by atoms with E-state index in [2.05, 4.69) is 22.7 Å². The van der Waals surface area contributed by atoms with Gasteiger partial charge in [0.15, 0.2) is 0 Å². The van der Waals surface area contributed by atoms with E-state index in [9.17, 15) is 9.50 Å². The third kappa shape index (κ3) is 5.70. The maximum absolute atomic E-state index is 13.1. The van der Waals surface area contributed by atoms with Gasteiger partial charge in [-0.05, 0) is 61.2 Å². The minimum Gasteiger partial charge on any atom is -0.463 e. The van der Waals surface area contributed by atoms with Crippen LogP contribution >= 0.6 is 0 Å². The van der Waals surface area contributed by atoms with Crippen molar-refractivity contribution in [1.29, 1.82) is 0 Å². The van der Waals surface area contributed by atoms with Gasteiger partial charge in [-0.3, -0.25) is 0 Å². The maximum Gasteiger partial charge on any atom is 0.228 e. The summed E-state index contributed by atoms with van der Waals surface area (Å²) in [6.07, 6.45) is 2.23. The fourth-order valence-electron chi connectivity index (χ4n) is 4.18. The van der Waals surface area contributed by atoms with Gasteiger partial charge >= 0.3 is 0 Å². The molecule has 0 saturated carbocycles. The van der Waals surface area contributed by atoms with Gasteiger partial charge in [-0.25, -0.2) is 10.3 Å². The Bertz CT molecular complexity index is 1340. The van der Waals surface area contributed by atoms with E-state index < -0.39 is 12.4 Å². The maximum atomic E-state index is 13.1. The summed E-state index contributed by atoms with van der Waals surface area (Å²) in [5, 5.41) is 17.9. The van der Waals surface area contributed by atoms with Crippen LogP contribution in [0.15, 0.2) is 66.9 Å². The summed E-state index contributed by atoms with van der Waals surface area (Å²) in [6, 6.07) is 19.2. The Hall–Kier alpha value is -3.67. The number of aliphatic hydroxyl groups excluding tert-OH is 1. The highest BCUT2D eigenvalue weighted by molar-refractivity contribution is 5.83. The Balaban J connectivity index is 0.00000167. The van der Waals surface area contributed by atoms with E-state index in [1.165, 1.54) is 0 Å². The average molecular weight is 476 g/mol. The zero-order chi connectivity index (χ0) is 25.4. The molecule has 0 aliphatic carbocycles. The van der Waals surface area contributed by atoms with E-state index in [0.29, 0.717) is 23.3 Å². The first kappa shape index (κ1) is 25.9. The third-order valence-electron chi connectivity index (χ3n) is 6.00. The summed E-state index contributed by atoms with van der Waals surface area (Å²) in [5.41, 5.74) is 11.9. The van der Waals surface area contributed by atoms with Crippen molar-refractivity contribution in [3.63, 3.8) is 0 Å². The van der Waals surface area contributed by atoms with E-state index in [-0.39, 0.29) is 6.61 Å². The molecule has 4 aromatic rings. The third-order valence-corrected chi connectivity index (χ3v) is 6.00. The molecule has 7 heteroatoms. The molecule has 0 spiro atoms. The van der Waals surface area contributed by atoms with Crippen molar-refractivity contribution in [3.05, 3.63) is 100 Å². The molecule has 0 amide bonds. The lowest BCUT2D eigenvalue weighted by Crippen LogP contribution is -2.43. The van der Waals surface area contributed by atoms with Gasteiger partial charge in [0.1, 0.15) is 5.75 Å². The Morgan fingerprint density at radius 3 is 2.40 bits per heavy atom. The van der Waals surface area contributed by atoms with Gasteiger partial charge in [0.25, 0.3) is 0 Å². The number of aromatic nitrogens is 1. The van der Waals surface area contributed by atoms with Crippen molar-refractivity contribution in [2.75, 3.05) is 13.5 Å². The molecule has 6 nitrogen and oxygen atoms in total. The number of alkyl halides is 1. The number of aliphatic hydroxyl groups is 1. The first-order chi connectivity index (χ1) is 16.9. The summed E-state index contributed by atoms with van der Waals surface area (Å²) >= 11 is 0. The number of ether oxygens (including phenoxy) is 1. The van der Waals surface area contributed by atoms with E-state index in [1.54, 1.807) is 18.2 Å². The summed E-state index contributed by atoms with van der Waals surface area (Å²) < 4.78 is 18.4. The van der Waals surface area contributed by atoms with Crippen LogP contribution < -0.4 is 16.4 Å². The number of para-hydroxylation sites is 1. The number of H-pyrrole nitrogens is 1. The molecule has 0 fully saturated rings. The predicted octanol–water partition coefficient (Wildman–Crippen LogP) is 4.21. The van der Waals surface area contributed by atoms with Crippen LogP contribution in [0, 0.1) is 25.7 Å². The number of aromatic amines is 1. The van der Waals surface area contributed by atoms with Crippen molar-refractivity contribution >= 4 is 10.9 Å². The number of nitrogens with one attached hydrogen (secondary N) is 1. The van der Waals surface area contributed by atoms with Gasteiger partial charge in [-0.2, -0.15) is 0 Å². The first-order valence-electron chi connectivity index (χ1n) is 11.1. The second-order valence-electron chi connectivity index (χ2n) is 8.33. The molecule has 0 saturated heterocycles.